The molecule has 118 valence electrons. The van der Waals surface area contributed by atoms with Gasteiger partial charge in [-0.05, 0) is 37.1 Å². The number of amidine groups is 1. The Morgan fingerprint density at radius 1 is 1.36 bits per heavy atom. The Bertz CT molecular complexity index is 561. The van der Waals surface area contributed by atoms with Crippen molar-refractivity contribution in [1.82, 2.24) is 10.2 Å². The molecule has 2 heterocycles. The van der Waals surface area contributed by atoms with Gasteiger partial charge in [-0.15, -0.1) is 0 Å². The van der Waals surface area contributed by atoms with E-state index in [0.29, 0.717) is 6.54 Å². The molecule has 1 atom stereocenters. The standard InChI is InChI=1S/C16H20FN3OS/c17-13-6-4-12(5-7-13)11-20-9-2-1-3-14(20)15(21)19-16-18-8-10-22-16/h4-7,14H,1-3,8-11H2,(H,18,19,21)/t14-/m1/s1. The fourth-order valence-corrected chi connectivity index (χ4v) is 3.63. The van der Waals surface area contributed by atoms with Gasteiger partial charge < -0.3 is 5.32 Å². The van der Waals surface area contributed by atoms with E-state index in [1.54, 1.807) is 23.9 Å². The van der Waals surface area contributed by atoms with E-state index < -0.39 is 0 Å². The van der Waals surface area contributed by atoms with Crippen molar-refractivity contribution in [2.45, 2.75) is 31.8 Å². The topological polar surface area (TPSA) is 44.7 Å². The average Bonchev–Trinajstić information content (AvgIpc) is 3.03. The van der Waals surface area contributed by atoms with Crippen molar-refractivity contribution in [3.05, 3.63) is 35.6 Å². The molecule has 0 unspecified atom stereocenters. The van der Waals surface area contributed by atoms with E-state index in [9.17, 15) is 9.18 Å². The molecule has 1 N–H and O–H groups in total. The van der Waals surface area contributed by atoms with Gasteiger partial charge in [0.05, 0.1) is 12.6 Å². The van der Waals surface area contributed by atoms with Gasteiger partial charge in [0.1, 0.15) is 5.82 Å². The maximum atomic E-state index is 13.0. The number of nitrogens with one attached hydrogen (secondary N) is 1. The van der Waals surface area contributed by atoms with Crippen molar-refractivity contribution in [3.8, 4) is 0 Å². The second-order valence-corrected chi connectivity index (χ2v) is 6.72. The number of halogens is 1. The van der Waals surface area contributed by atoms with E-state index in [4.69, 9.17) is 0 Å². The van der Waals surface area contributed by atoms with Gasteiger partial charge in [0, 0.05) is 12.3 Å². The van der Waals surface area contributed by atoms with Crippen molar-refractivity contribution in [2.24, 2.45) is 4.99 Å². The van der Waals surface area contributed by atoms with Gasteiger partial charge in [-0.2, -0.15) is 0 Å². The summed E-state index contributed by atoms with van der Waals surface area (Å²) in [4.78, 5) is 19.0. The molecule has 0 radical (unpaired) electrons. The molecule has 1 aromatic carbocycles. The highest BCUT2D eigenvalue weighted by Crippen LogP contribution is 2.21. The van der Waals surface area contributed by atoms with E-state index in [2.05, 4.69) is 15.2 Å². The summed E-state index contributed by atoms with van der Waals surface area (Å²) in [6.07, 6.45) is 3.03. The summed E-state index contributed by atoms with van der Waals surface area (Å²) in [6, 6.07) is 6.39. The van der Waals surface area contributed by atoms with Crippen LogP contribution in [-0.4, -0.2) is 40.9 Å². The first-order chi connectivity index (χ1) is 10.7. The van der Waals surface area contributed by atoms with Crippen molar-refractivity contribution in [3.63, 3.8) is 0 Å². The minimum atomic E-state index is -0.229. The molecule has 0 aromatic heterocycles. The number of nitrogens with zero attached hydrogens (tertiary/aromatic N) is 2. The first kappa shape index (κ1) is 15.5. The van der Waals surface area contributed by atoms with Gasteiger partial charge in [-0.3, -0.25) is 14.7 Å². The highest BCUT2D eigenvalue weighted by molar-refractivity contribution is 8.14. The van der Waals surface area contributed by atoms with Crippen LogP contribution < -0.4 is 5.32 Å². The summed E-state index contributed by atoms with van der Waals surface area (Å²) in [5.74, 6) is 0.752. The molecule has 1 amide bonds. The SMILES string of the molecule is O=C(NC1=NCCS1)[C@H]1CCCCN1Cc1ccc(F)cc1. The number of likely N-dealkylation sites (tertiary alicyclic amines) is 1. The quantitative estimate of drug-likeness (QED) is 0.930. The summed E-state index contributed by atoms with van der Waals surface area (Å²) in [7, 11) is 0. The average molecular weight is 321 g/mol. The number of benzene rings is 1. The smallest absolute Gasteiger partial charge is 0.243 e. The number of hydrogen-bond donors (Lipinski definition) is 1. The maximum Gasteiger partial charge on any atom is 0.243 e. The highest BCUT2D eigenvalue weighted by atomic mass is 32.2. The molecule has 4 nitrogen and oxygen atoms in total. The van der Waals surface area contributed by atoms with Gasteiger partial charge in [-0.25, -0.2) is 4.39 Å². The fraction of sp³-hybridized carbons (Fsp3) is 0.500. The summed E-state index contributed by atoms with van der Waals surface area (Å²) < 4.78 is 13.0. The van der Waals surface area contributed by atoms with Crippen LogP contribution in [0.3, 0.4) is 0 Å². The minimum absolute atomic E-state index is 0.0370. The number of amides is 1. The van der Waals surface area contributed by atoms with Crippen molar-refractivity contribution in [1.29, 1.82) is 0 Å². The molecular formula is C16H20FN3OS. The van der Waals surface area contributed by atoms with Crippen LogP contribution in [0.4, 0.5) is 4.39 Å². The lowest BCUT2D eigenvalue weighted by Gasteiger charge is -2.34. The van der Waals surface area contributed by atoms with Gasteiger partial charge in [0.2, 0.25) is 5.91 Å². The number of carbonyl (C=O) groups excluding carboxylic acids is 1. The molecule has 2 aliphatic heterocycles. The van der Waals surface area contributed by atoms with Gasteiger partial charge in [0.25, 0.3) is 0 Å². The molecule has 0 aliphatic carbocycles. The normalized spacial score (nSPS) is 22.4. The second kappa shape index (κ2) is 7.24. The number of rotatable bonds is 3. The van der Waals surface area contributed by atoms with E-state index in [1.165, 1.54) is 12.1 Å². The molecule has 0 spiro atoms. The Labute approximate surface area is 134 Å². The number of hydrogen-bond acceptors (Lipinski definition) is 4. The summed E-state index contributed by atoms with van der Waals surface area (Å²) in [6.45, 7) is 2.36. The molecule has 1 saturated heterocycles. The third-order valence-corrected chi connectivity index (χ3v) is 4.92. The molecule has 0 saturated carbocycles. The molecule has 2 aliphatic rings. The molecule has 1 aromatic rings. The van der Waals surface area contributed by atoms with Crippen LogP contribution in [0.1, 0.15) is 24.8 Å². The molecule has 1 fully saturated rings. The van der Waals surface area contributed by atoms with Gasteiger partial charge in [-0.1, -0.05) is 30.3 Å². The maximum absolute atomic E-state index is 13.0. The van der Waals surface area contributed by atoms with Crippen LogP contribution in [0.25, 0.3) is 0 Å². The number of aliphatic imine (C=N–C) groups is 1. The van der Waals surface area contributed by atoms with Crippen molar-refractivity contribution >= 4 is 22.8 Å². The first-order valence-electron chi connectivity index (χ1n) is 7.69. The Hall–Kier alpha value is -1.40. The third-order valence-electron chi connectivity index (χ3n) is 4.03. The largest absolute Gasteiger partial charge is 0.304 e. The molecule has 0 bridgehead atoms. The van der Waals surface area contributed by atoms with Gasteiger partial charge >= 0.3 is 0 Å². The van der Waals surface area contributed by atoms with E-state index >= 15 is 0 Å². The second-order valence-electron chi connectivity index (χ2n) is 5.63. The Morgan fingerprint density at radius 2 is 2.18 bits per heavy atom. The lowest BCUT2D eigenvalue weighted by atomic mass is 10.0. The van der Waals surface area contributed by atoms with Crippen LogP contribution in [0.2, 0.25) is 0 Å². The first-order valence-corrected chi connectivity index (χ1v) is 8.67. The third kappa shape index (κ3) is 3.87. The monoisotopic (exact) mass is 321 g/mol. The van der Waals surface area contributed by atoms with E-state index in [1.807, 2.05) is 0 Å². The minimum Gasteiger partial charge on any atom is -0.304 e. The van der Waals surface area contributed by atoms with E-state index in [0.717, 1.165) is 48.8 Å². The zero-order valence-electron chi connectivity index (χ0n) is 12.4. The number of thioether (sulfide) groups is 1. The van der Waals surface area contributed by atoms with Crippen LogP contribution >= 0.6 is 11.8 Å². The Balaban J connectivity index is 1.65. The lowest BCUT2D eigenvalue weighted by molar-refractivity contribution is -0.126. The summed E-state index contributed by atoms with van der Waals surface area (Å²) >= 11 is 1.60. The molecular weight excluding hydrogens is 301 g/mol. The predicted molar refractivity (Wildman–Crippen MR) is 87.4 cm³/mol. The van der Waals surface area contributed by atoms with Gasteiger partial charge in [0.15, 0.2) is 5.17 Å². The van der Waals surface area contributed by atoms with Crippen LogP contribution in [0, 0.1) is 5.82 Å². The van der Waals surface area contributed by atoms with Crippen LogP contribution in [0.15, 0.2) is 29.3 Å². The highest BCUT2D eigenvalue weighted by Gasteiger charge is 2.29. The van der Waals surface area contributed by atoms with Crippen molar-refractivity contribution < 1.29 is 9.18 Å². The molecule has 3 rings (SSSR count). The van der Waals surface area contributed by atoms with E-state index in [-0.39, 0.29) is 17.8 Å². The van der Waals surface area contributed by atoms with Crippen molar-refractivity contribution in [2.75, 3.05) is 18.8 Å². The van der Waals surface area contributed by atoms with Crippen LogP contribution in [-0.2, 0) is 11.3 Å². The van der Waals surface area contributed by atoms with Crippen LogP contribution in [0.5, 0.6) is 0 Å². The molecule has 22 heavy (non-hydrogen) atoms. The number of carbonyl (C=O) groups is 1. The number of piperidine rings is 1. The Morgan fingerprint density at radius 3 is 2.91 bits per heavy atom. The zero-order valence-corrected chi connectivity index (χ0v) is 13.2. The predicted octanol–water partition coefficient (Wildman–Crippen LogP) is 2.40. The molecule has 6 heteroatoms. The fourth-order valence-electron chi connectivity index (χ4n) is 2.90. The zero-order chi connectivity index (χ0) is 15.4. The summed E-state index contributed by atoms with van der Waals surface area (Å²) in [5.41, 5.74) is 1.04. The Kier molecular flexibility index (Phi) is 5.10. The lowest BCUT2D eigenvalue weighted by Crippen LogP contribution is -2.49. The summed E-state index contributed by atoms with van der Waals surface area (Å²) in [5, 5.41) is 3.69.